The molecular formula is C31H48N4O15. The Hall–Kier alpha value is -3.05. The van der Waals surface area contributed by atoms with E-state index in [9.17, 15) is 55.2 Å². The summed E-state index contributed by atoms with van der Waals surface area (Å²) in [5, 5.41) is 93.1. The predicted octanol–water partition coefficient (Wildman–Crippen LogP) is -4.27. The number of aliphatic hydroxyl groups excluding tert-OH is 8. The van der Waals surface area contributed by atoms with Crippen LogP contribution in [0, 0.1) is 5.92 Å². The summed E-state index contributed by atoms with van der Waals surface area (Å²) in [5.41, 5.74) is 0.273. The zero-order valence-electron chi connectivity index (χ0n) is 27.8. The first kappa shape index (κ1) is 39.7. The standard InChI is InChI=1S/C31H48N4O15/c1-12(2)6-5-7-18(39)34-20-24(43)21(40)16(47-30(20)50-29-19(33-14(4)37)23(42)22(41)17(11-36)48-29)10-15(38)27-25(44)26(45)28(49-27)35-9-8-13(3)32-31(35)46/h5,7-9,12,15-17,19-30,36,38,40-45H,3,6,10-11H2,1-2,4H3,(H,32,46)(H,33,37)(H,34,39)/b7-5+/t15?,16-,17?,19?,20-,21+,22?,23?,24-,25?,26?,27?,28?,29?,30+/m1/s1. The molecule has 3 fully saturated rings. The highest BCUT2D eigenvalue weighted by Crippen LogP contribution is 2.33. The van der Waals surface area contributed by atoms with Crippen LogP contribution in [0.15, 0.2) is 36.7 Å². The molecule has 0 saturated carbocycles. The van der Waals surface area contributed by atoms with E-state index in [-0.39, 0.29) is 11.6 Å². The third-order valence-electron chi connectivity index (χ3n) is 8.75. The van der Waals surface area contributed by atoms with E-state index >= 15 is 0 Å². The molecule has 4 amide bonds. The Morgan fingerprint density at radius 3 is 2.14 bits per heavy atom. The highest BCUT2D eigenvalue weighted by Gasteiger charge is 2.54. The van der Waals surface area contributed by atoms with Gasteiger partial charge in [-0.3, -0.25) is 14.5 Å². The Morgan fingerprint density at radius 1 is 0.960 bits per heavy atom. The second-order valence-electron chi connectivity index (χ2n) is 13.1. The molecule has 4 rings (SSSR count). The molecule has 282 valence electrons. The van der Waals surface area contributed by atoms with Crippen LogP contribution in [0.3, 0.4) is 0 Å². The lowest BCUT2D eigenvalue weighted by Gasteiger charge is -2.47. The fraction of sp³-hybridized carbons (Fsp3) is 0.710. The Morgan fingerprint density at radius 2 is 1.56 bits per heavy atom. The van der Waals surface area contributed by atoms with Gasteiger partial charge >= 0.3 is 6.03 Å². The summed E-state index contributed by atoms with van der Waals surface area (Å²) >= 11 is 0. The SMILES string of the molecule is C=C1C=CN(C2OC(C(O)C[C@H]3O[C@@H](OC4OC(CO)C(O)C(O)C4NC(C)=O)[C@H](NC(=O)/C=C/CC(C)C)[C@@H](O)[C@H]3O)C(O)C2O)C(=O)N1. The Labute approximate surface area is 287 Å². The van der Waals surface area contributed by atoms with E-state index in [2.05, 4.69) is 22.5 Å². The van der Waals surface area contributed by atoms with Gasteiger partial charge in [-0.15, -0.1) is 0 Å². The minimum Gasteiger partial charge on any atom is -0.394 e. The smallest absolute Gasteiger partial charge is 0.328 e. The van der Waals surface area contributed by atoms with Crippen molar-refractivity contribution in [2.75, 3.05) is 6.61 Å². The third kappa shape index (κ3) is 9.05. The maximum Gasteiger partial charge on any atom is 0.328 e. The van der Waals surface area contributed by atoms with Crippen molar-refractivity contribution >= 4 is 17.8 Å². The van der Waals surface area contributed by atoms with E-state index in [1.807, 2.05) is 13.8 Å². The molecule has 3 saturated heterocycles. The number of rotatable bonds is 12. The van der Waals surface area contributed by atoms with Crippen LogP contribution in [-0.2, 0) is 28.5 Å². The molecule has 19 nitrogen and oxygen atoms in total. The topological polar surface area (TPSA) is 289 Å². The van der Waals surface area contributed by atoms with E-state index in [1.165, 1.54) is 18.4 Å². The van der Waals surface area contributed by atoms with Gasteiger partial charge in [0.25, 0.3) is 0 Å². The number of nitrogens with zero attached hydrogens (tertiary/aromatic N) is 1. The van der Waals surface area contributed by atoms with Gasteiger partial charge in [0.1, 0.15) is 60.9 Å². The lowest BCUT2D eigenvalue weighted by atomic mass is 9.91. The number of hydrogen-bond donors (Lipinski definition) is 11. The van der Waals surface area contributed by atoms with Gasteiger partial charge in [-0.2, -0.15) is 0 Å². The summed E-state index contributed by atoms with van der Waals surface area (Å²) in [5.74, 6) is -1.12. The highest BCUT2D eigenvalue weighted by atomic mass is 16.8. The third-order valence-corrected chi connectivity index (χ3v) is 8.75. The summed E-state index contributed by atoms with van der Waals surface area (Å²) in [6.07, 6.45) is -15.8. The van der Waals surface area contributed by atoms with Crippen molar-refractivity contribution in [2.45, 2.75) is 126 Å². The molecule has 4 heterocycles. The minimum atomic E-state index is -1.83. The van der Waals surface area contributed by atoms with Crippen molar-refractivity contribution in [3.63, 3.8) is 0 Å². The fourth-order valence-electron chi connectivity index (χ4n) is 6.06. The van der Waals surface area contributed by atoms with Crippen LogP contribution < -0.4 is 16.0 Å². The quantitative estimate of drug-likeness (QED) is 0.0853. The van der Waals surface area contributed by atoms with Crippen LogP contribution in [0.25, 0.3) is 0 Å². The van der Waals surface area contributed by atoms with Crippen molar-refractivity contribution in [1.29, 1.82) is 0 Å². The summed E-state index contributed by atoms with van der Waals surface area (Å²) < 4.78 is 23.2. The normalized spacial score (nSPS) is 39.9. The van der Waals surface area contributed by atoms with Gasteiger partial charge in [-0.25, -0.2) is 4.79 Å². The van der Waals surface area contributed by atoms with Gasteiger partial charge in [-0.05, 0) is 24.5 Å². The molecule has 0 spiro atoms. The van der Waals surface area contributed by atoms with E-state index in [4.69, 9.17) is 18.9 Å². The second-order valence-corrected chi connectivity index (χ2v) is 13.1. The van der Waals surface area contributed by atoms with Crippen molar-refractivity contribution in [3.05, 3.63) is 36.7 Å². The Bertz CT molecular complexity index is 1280. The van der Waals surface area contributed by atoms with Crippen molar-refractivity contribution in [3.8, 4) is 0 Å². The second kappa shape index (κ2) is 17.0. The van der Waals surface area contributed by atoms with E-state index in [1.54, 1.807) is 6.08 Å². The molecule has 10 unspecified atom stereocenters. The number of hydrogen-bond acceptors (Lipinski definition) is 15. The molecule has 4 aliphatic heterocycles. The molecule has 11 N–H and O–H groups in total. The van der Waals surface area contributed by atoms with Crippen molar-refractivity contribution < 1.29 is 74.2 Å². The number of amides is 4. The van der Waals surface area contributed by atoms with E-state index in [0.29, 0.717) is 6.42 Å². The first-order valence-corrected chi connectivity index (χ1v) is 16.2. The predicted molar refractivity (Wildman–Crippen MR) is 168 cm³/mol. The molecule has 0 radical (unpaired) electrons. The molecule has 0 aromatic carbocycles. The average molecular weight is 717 g/mol. The first-order valence-electron chi connectivity index (χ1n) is 16.2. The van der Waals surface area contributed by atoms with Gasteiger partial charge in [0.05, 0.1) is 18.8 Å². The minimum absolute atomic E-state index is 0.232. The number of nitrogens with one attached hydrogen (secondary N) is 3. The van der Waals surface area contributed by atoms with Crippen molar-refractivity contribution in [1.82, 2.24) is 20.9 Å². The summed E-state index contributed by atoms with van der Waals surface area (Å²) in [4.78, 5) is 38.2. The van der Waals surface area contributed by atoms with Gasteiger partial charge < -0.3 is 75.8 Å². The number of ether oxygens (including phenoxy) is 4. The Balaban J connectivity index is 1.56. The van der Waals surface area contributed by atoms with Gasteiger partial charge in [0, 0.05) is 25.2 Å². The molecule has 15 atom stereocenters. The molecule has 19 heteroatoms. The van der Waals surface area contributed by atoms with Gasteiger partial charge in [0.15, 0.2) is 18.8 Å². The number of carbonyl (C=O) groups is 3. The van der Waals surface area contributed by atoms with Crippen LogP contribution in [0.1, 0.15) is 33.6 Å². The molecular weight excluding hydrogens is 668 g/mol. The molecule has 0 bridgehead atoms. The van der Waals surface area contributed by atoms with E-state index < -0.39 is 123 Å². The zero-order valence-corrected chi connectivity index (χ0v) is 27.8. The number of carbonyl (C=O) groups excluding carboxylic acids is 3. The molecule has 4 aliphatic rings. The summed E-state index contributed by atoms with van der Waals surface area (Å²) in [7, 11) is 0. The van der Waals surface area contributed by atoms with Crippen molar-refractivity contribution in [2.24, 2.45) is 5.92 Å². The lowest BCUT2D eigenvalue weighted by molar-refractivity contribution is -0.346. The molecule has 0 aromatic rings. The lowest BCUT2D eigenvalue weighted by Crippen LogP contribution is -2.68. The van der Waals surface area contributed by atoms with Gasteiger partial charge in [-0.1, -0.05) is 26.5 Å². The molecule has 50 heavy (non-hydrogen) atoms. The first-order chi connectivity index (χ1) is 23.5. The van der Waals surface area contributed by atoms with Crippen LogP contribution >= 0.6 is 0 Å². The van der Waals surface area contributed by atoms with Crippen LogP contribution in [0.4, 0.5) is 4.79 Å². The van der Waals surface area contributed by atoms with Crippen LogP contribution in [-0.4, -0.2) is 162 Å². The largest absolute Gasteiger partial charge is 0.394 e. The summed E-state index contributed by atoms with van der Waals surface area (Å²) in [6.45, 7) is 7.83. The number of aliphatic hydroxyl groups is 8. The maximum atomic E-state index is 12.8. The molecule has 0 aromatic heterocycles. The van der Waals surface area contributed by atoms with Gasteiger partial charge in [0.2, 0.25) is 11.8 Å². The summed E-state index contributed by atoms with van der Waals surface area (Å²) in [6, 6.07) is -3.68. The molecule has 0 aliphatic carbocycles. The monoisotopic (exact) mass is 716 g/mol. The maximum absolute atomic E-state index is 12.8. The van der Waals surface area contributed by atoms with Crippen LogP contribution in [0.5, 0.6) is 0 Å². The highest BCUT2D eigenvalue weighted by molar-refractivity contribution is 5.87. The average Bonchev–Trinajstić information content (AvgIpc) is 3.34. The fourth-order valence-corrected chi connectivity index (χ4v) is 6.06. The van der Waals surface area contributed by atoms with Crippen LogP contribution in [0.2, 0.25) is 0 Å². The number of allylic oxidation sites excluding steroid dienone is 2. The Kier molecular flexibility index (Phi) is 13.5. The number of urea groups is 1. The van der Waals surface area contributed by atoms with E-state index in [0.717, 1.165) is 11.8 Å². The zero-order chi connectivity index (χ0) is 37.0.